The minimum atomic E-state index is -0.0158. The van der Waals surface area contributed by atoms with Gasteiger partial charge in [-0.2, -0.15) is 4.98 Å². The maximum absolute atomic E-state index is 6.20. The van der Waals surface area contributed by atoms with Crippen molar-refractivity contribution in [3.05, 3.63) is 24.2 Å². The van der Waals surface area contributed by atoms with Crippen LogP contribution < -0.4 is 15.4 Å². The number of rotatable bonds is 3. The van der Waals surface area contributed by atoms with E-state index in [0.29, 0.717) is 12.6 Å². The fourth-order valence-corrected chi connectivity index (χ4v) is 2.45. The normalized spacial score (nSPS) is 22.2. The largest absolute Gasteiger partial charge is 0.467 e. The van der Waals surface area contributed by atoms with Crippen LogP contribution in [0.3, 0.4) is 0 Å². The first kappa shape index (κ1) is 12.8. The van der Waals surface area contributed by atoms with Crippen LogP contribution in [0.5, 0.6) is 6.01 Å². The Balaban J connectivity index is 1.84. The second-order valence-corrected chi connectivity index (χ2v) is 4.87. The number of aromatic nitrogens is 5. The van der Waals surface area contributed by atoms with Crippen molar-refractivity contribution in [2.45, 2.75) is 19.0 Å². The molecule has 0 aliphatic carbocycles. The van der Waals surface area contributed by atoms with Gasteiger partial charge in [0.25, 0.3) is 0 Å². The van der Waals surface area contributed by atoms with E-state index in [1.165, 1.54) is 0 Å². The molecule has 2 aromatic heterocycles. The third-order valence-corrected chi connectivity index (χ3v) is 3.44. The maximum atomic E-state index is 6.20. The van der Waals surface area contributed by atoms with E-state index in [0.717, 1.165) is 18.1 Å². The van der Waals surface area contributed by atoms with Crippen LogP contribution in [0, 0.1) is 6.92 Å². The number of anilines is 1. The van der Waals surface area contributed by atoms with E-state index < -0.39 is 0 Å². The number of nitrogens with two attached hydrogens (primary N) is 1. The highest BCUT2D eigenvalue weighted by Gasteiger charge is 2.33. The predicted octanol–water partition coefficient (Wildman–Crippen LogP) is -0.226. The standard InChI is InChI=1S/C12H17N7O/c1-8-5-11(16-12(15-8)20-2)18-6-9(13)10(7-18)19-4-3-14-17-19/h3-5,9-10H,6-7,13H2,1-2H3/t9-,10+/m1/s1. The first-order chi connectivity index (χ1) is 9.67. The molecule has 1 aliphatic heterocycles. The maximum Gasteiger partial charge on any atom is 0.318 e. The average molecular weight is 275 g/mol. The van der Waals surface area contributed by atoms with E-state index >= 15 is 0 Å². The second-order valence-electron chi connectivity index (χ2n) is 4.87. The van der Waals surface area contributed by atoms with E-state index in [9.17, 15) is 0 Å². The topological polar surface area (TPSA) is 95.0 Å². The Hall–Kier alpha value is -2.22. The molecule has 3 heterocycles. The highest BCUT2D eigenvalue weighted by Crippen LogP contribution is 2.25. The second kappa shape index (κ2) is 5.04. The minimum Gasteiger partial charge on any atom is -0.467 e. The molecule has 8 heteroatoms. The van der Waals surface area contributed by atoms with E-state index in [-0.39, 0.29) is 12.1 Å². The van der Waals surface area contributed by atoms with Gasteiger partial charge in [0.05, 0.1) is 19.3 Å². The lowest BCUT2D eigenvalue weighted by Gasteiger charge is -2.17. The van der Waals surface area contributed by atoms with Crippen LogP contribution in [0.4, 0.5) is 5.82 Å². The van der Waals surface area contributed by atoms with Gasteiger partial charge < -0.3 is 15.4 Å². The van der Waals surface area contributed by atoms with Crippen LogP contribution in [-0.4, -0.2) is 51.2 Å². The Bertz CT molecular complexity index is 585. The molecule has 2 atom stereocenters. The van der Waals surface area contributed by atoms with Crippen LogP contribution >= 0.6 is 0 Å². The minimum absolute atomic E-state index is 0.0158. The van der Waals surface area contributed by atoms with Crippen molar-refractivity contribution in [1.29, 1.82) is 0 Å². The fourth-order valence-electron chi connectivity index (χ4n) is 2.45. The monoisotopic (exact) mass is 275 g/mol. The molecule has 0 unspecified atom stereocenters. The van der Waals surface area contributed by atoms with Crippen molar-refractivity contribution in [3.8, 4) is 6.01 Å². The fraction of sp³-hybridized carbons (Fsp3) is 0.500. The number of nitrogens with zero attached hydrogens (tertiary/aromatic N) is 6. The summed E-state index contributed by atoms with van der Waals surface area (Å²) in [5, 5.41) is 7.86. The Morgan fingerprint density at radius 1 is 1.35 bits per heavy atom. The lowest BCUT2D eigenvalue weighted by molar-refractivity contribution is 0.378. The summed E-state index contributed by atoms with van der Waals surface area (Å²) in [4.78, 5) is 10.7. The summed E-state index contributed by atoms with van der Waals surface area (Å²) in [6, 6.07) is 2.38. The zero-order valence-electron chi connectivity index (χ0n) is 11.5. The number of aryl methyl sites for hydroxylation is 1. The molecule has 8 nitrogen and oxygen atoms in total. The quantitative estimate of drug-likeness (QED) is 0.827. The Morgan fingerprint density at radius 2 is 2.20 bits per heavy atom. The van der Waals surface area contributed by atoms with Gasteiger partial charge in [-0.05, 0) is 6.92 Å². The van der Waals surface area contributed by atoms with Crippen molar-refractivity contribution >= 4 is 5.82 Å². The molecule has 0 saturated carbocycles. The lowest BCUT2D eigenvalue weighted by Crippen LogP contribution is -2.31. The number of ether oxygens (including phenoxy) is 1. The van der Waals surface area contributed by atoms with Gasteiger partial charge in [0.1, 0.15) is 5.82 Å². The first-order valence-corrected chi connectivity index (χ1v) is 6.43. The van der Waals surface area contributed by atoms with Crippen LogP contribution in [0.2, 0.25) is 0 Å². The Labute approximate surface area is 116 Å². The third-order valence-electron chi connectivity index (χ3n) is 3.44. The number of methoxy groups -OCH3 is 1. The highest BCUT2D eigenvalue weighted by molar-refractivity contribution is 5.43. The van der Waals surface area contributed by atoms with E-state index in [4.69, 9.17) is 10.5 Å². The zero-order valence-corrected chi connectivity index (χ0v) is 11.5. The van der Waals surface area contributed by atoms with Gasteiger partial charge in [-0.3, -0.25) is 0 Å². The third kappa shape index (κ3) is 2.29. The van der Waals surface area contributed by atoms with Gasteiger partial charge in [0.15, 0.2) is 0 Å². The molecule has 0 amide bonds. The molecule has 1 saturated heterocycles. The summed E-state index contributed by atoms with van der Waals surface area (Å²) in [6.45, 7) is 3.37. The Kier molecular flexibility index (Phi) is 3.23. The van der Waals surface area contributed by atoms with Gasteiger partial charge in [0.2, 0.25) is 0 Å². The van der Waals surface area contributed by atoms with Crippen molar-refractivity contribution in [2.75, 3.05) is 25.1 Å². The van der Waals surface area contributed by atoms with Crippen molar-refractivity contribution in [2.24, 2.45) is 5.73 Å². The SMILES string of the molecule is COc1nc(C)cc(N2C[C@@H](N)[C@@H](n3ccnn3)C2)n1. The first-order valence-electron chi connectivity index (χ1n) is 6.43. The van der Waals surface area contributed by atoms with Gasteiger partial charge >= 0.3 is 6.01 Å². The summed E-state index contributed by atoms with van der Waals surface area (Å²) in [7, 11) is 1.56. The molecule has 1 aliphatic rings. The van der Waals surface area contributed by atoms with Crippen molar-refractivity contribution in [1.82, 2.24) is 25.0 Å². The number of hydrogen-bond donors (Lipinski definition) is 1. The van der Waals surface area contributed by atoms with E-state index in [1.807, 2.05) is 19.2 Å². The smallest absolute Gasteiger partial charge is 0.318 e. The average Bonchev–Trinajstić information content (AvgIpc) is 3.06. The molecule has 3 rings (SSSR count). The molecular formula is C12H17N7O. The molecular weight excluding hydrogens is 258 g/mol. The van der Waals surface area contributed by atoms with Crippen LogP contribution in [0.25, 0.3) is 0 Å². The molecule has 20 heavy (non-hydrogen) atoms. The molecule has 0 spiro atoms. The van der Waals surface area contributed by atoms with Crippen LogP contribution in [0.15, 0.2) is 18.5 Å². The summed E-state index contributed by atoms with van der Waals surface area (Å²) in [6.07, 6.45) is 3.49. The van der Waals surface area contributed by atoms with Crippen LogP contribution in [0.1, 0.15) is 11.7 Å². The molecule has 1 fully saturated rings. The van der Waals surface area contributed by atoms with Crippen molar-refractivity contribution in [3.63, 3.8) is 0 Å². The summed E-state index contributed by atoms with van der Waals surface area (Å²) in [5.41, 5.74) is 7.07. The van der Waals surface area contributed by atoms with Gasteiger partial charge in [-0.1, -0.05) is 5.21 Å². The van der Waals surface area contributed by atoms with Crippen LogP contribution in [-0.2, 0) is 0 Å². The molecule has 106 valence electrons. The Morgan fingerprint density at radius 3 is 2.90 bits per heavy atom. The molecule has 2 N–H and O–H groups in total. The van der Waals surface area contributed by atoms with Gasteiger partial charge in [-0.15, -0.1) is 5.10 Å². The molecule has 0 aromatic carbocycles. The zero-order chi connectivity index (χ0) is 14.1. The van der Waals surface area contributed by atoms with Crippen molar-refractivity contribution < 1.29 is 4.74 Å². The van der Waals surface area contributed by atoms with Gasteiger partial charge in [-0.25, -0.2) is 9.67 Å². The van der Waals surface area contributed by atoms with Gasteiger partial charge in [0, 0.05) is 37.1 Å². The predicted molar refractivity (Wildman–Crippen MR) is 72.6 cm³/mol. The summed E-state index contributed by atoms with van der Waals surface area (Å²) < 4.78 is 6.92. The lowest BCUT2D eigenvalue weighted by atomic mass is 10.2. The molecule has 2 aromatic rings. The highest BCUT2D eigenvalue weighted by atomic mass is 16.5. The van der Waals surface area contributed by atoms with E-state index in [2.05, 4.69) is 25.2 Å². The number of hydrogen-bond acceptors (Lipinski definition) is 7. The van der Waals surface area contributed by atoms with E-state index in [1.54, 1.807) is 18.0 Å². The molecule has 0 bridgehead atoms. The molecule has 0 radical (unpaired) electrons. The summed E-state index contributed by atoms with van der Waals surface area (Å²) in [5.74, 6) is 0.826. The summed E-state index contributed by atoms with van der Waals surface area (Å²) >= 11 is 0.